The van der Waals surface area contributed by atoms with Crippen molar-refractivity contribution < 1.29 is 9.53 Å². The number of hydrogen-bond donors (Lipinski definition) is 1. The lowest BCUT2D eigenvalue weighted by Crippen LogP contribution is -2.23. The molecule has 0 spiro atoms. The lowest BCUT2D eigenvalue weighted by molar-refractivity contribution is 0.0601. The monoisotopic (exact) mass is 290 g/mol. The van der Waals surface area contributed by atoms with Gasteiger partial charge in [-0.25, -0.2) is 4.79 Å². The molecule has 0 radical (unpaired) electrons. The van der Waals surface area contributed by atoms with Gasteiger partial charge >= 0.3 is 5.97 Å². The predicted molar refractivity (Wildman–Crippen MR) is 83.2 cm³/mol. The van der Waals surface area contributed by atoms with Crippen LogP contribution >= 0.6 is 11.3 Å². The minimum absolute atomic E-state index is 0.349. The van der Waals surface area contributed by atoms with E-state index in [0.717, 1.165) is 18.8 Å². The summed E-state index contributed by atoms with van der Waals surface area (Å²) in [6.07, 6.45) is 0. The Morgan fingerprint density at radius 3 is 2.80 bits per heavy atom. The molecule has 0 amide bonds. The smallest absolute Gasteiger partial charge is 0.337 e. The molecule has 106 valence electrons. The lowest BCUT2D eigenvalue weighted by Gasteiger charge is -2.24. The molecule has 0 unspecified atom stereocenters. The van der Waals surface area contributed by atoms with E-state index in [1.54, 1.807) is 29.5 Å². The molecule has 1 heterocycles. The lowest BCUT2D eigenvalue weighted by atomic mass is 10.1. The van der Waals surface area contributed by atoms with E-state index in [4.69, 9.17) is 10.5 Å². The highest BCUT2D eigenvalue weighted by Crippen LogP contribution is 2.27. The maximum atomic E-state index is 11.6. The number of nitrogens with two attached hydrogens (primary N) is 1. The number of ether oxygens (including phenoxy) is 1. The number of anilines is 2. The maximum absolute atomic E-state index is 11.6. The van der Waals surface area contributed by atoms with E-state index in [1.165, 1.54) is 12.0 Å². The molecule has 2 rings (SSSR count). The molecular formula is C15H18N2O2S. The zero-order chi connectivity index (χ0) is 14.5. The Balaban J connectivity index is 2.30. The van der Waals surface area contributed by atoms with Crippen molar-refractivity contribution in [2.45, 2.75) is 13.5 Å². The number of carbonyl (C=O) groups excluding carboxylic acids is 1. The van der Waals surface area contributed by atoms with Gasteiger partial charge < -0.3 is 15.4 Å². The summed E-state index contributed by atoms with van der Waals surface area (Å²) in [5.74, 6) is -0.349. The number of nitrogen functional groups attached to an aromatic ring is 1. The van der Waals surface area contributed by atoms with Gasteiger partial charge in [-0.1, -0.05) is 6.07 Å². The van der Waals surface area contributed by atoms with E-state index in [2.05, 4.69) is 23.3 Å². The van der Waals surface area contributed by atoms with Crippen molar-refractivity contribution in [3.05, 3.63) is 46.2 Å². The van der Waals surface area contributed by atoms with E-state index in [9.17, 15) is 4.79 Å². The molecule has 1 aromatic carbocycles. The van der Waals surface area contributed by atoms with Crippen LogP contribution in [0, 0.1) is 0 Å². The second kappa shape index (κ2) is 6.43. The average molecular weight is 290 g/mol. The minimum atomic E-state index is -0.349. The number of methoxy groups -OCH3 is 1. The summed E-state index contributed by atoms with van der Waals surface area (Å²) in [6, 6.07) is 9.34. The SMILES string of the molecule is CCN(Cc1cccs1)c1cc(C(=O)OC)ccc1N. The Morgan fingerprint density at radius 2 is 2.20 bits per heavy atom. The number of thiophene rings is 1. The molecule has 0 fully saturated rings. The highest BCUT2D eigenvalue weighted by Gasteiger charge is 2.13. The normalized spacial score (nSPS) is 10.3. The van der Waals surface area contributed by atoms with Crippen LogP contribution in [0.5, 0.6) is 0 Å². The fraction of sp³-hybridized carbons (Fsp3) is 0.267. The van der Waals surface area contributed by atoms with E-state index in [1.807, 2.05) is 6.07 Å². The molecule has 0 aliphatic heterocycles. The average Bonchev–Trinajstić information content (AvgIpc) is 2.97. The van der Waals surface area contributed by atoms with Gasteiger partial charge in [-0.15, -0.1) is 11.3 Å². The minimum Gasteiger partial charge on any atom is -0.465 e. The van der Waals surface area contributed by atoms with Crippen LogP contribution in [0.25, 0.3) is 0 Å². The second-order valence-electron chi connectivity index (χ2n) is 4.36. The number of nitrogens with zero attached hydrogens (tertiary/aromatic N) is 1. The van der Waals surface area contributed by atoms with Gasteiger partial charge in [0.2, 0.25) is 0 Å². The Morgan fingerprint density at radius 1 is 1.40 bits per heavy atom. The molecule has 2 aromatic rings. The van der Waals surface area contributed by atoms with Crippen LogP contribution in [-0.4, -0.2) is 19.6 Å². The summed E-state index contributed by atoms with van der Waals surface area (Å²) in [5.41, 5.74) is 8.09. The van der Waals surface area contributed by atoms with Crippen LogP contribution in [0.3, 0.4) is 0 Å². The first-order chi connectivity index (χ1) is 9.65. The van der Waals surface area contributed by atoms with E-state index in [0.29, 0.717) is 11.3 Å². The van der Waals surface area contributed by atoms with Gasteiger partial charge in [0.15, 0.2) is 0 Å². The molecular weight excluding hydrogens is 272 g/mol. The van der Waals surface area contributed by atoms with E-state index in [-0.39, 0.29) is 5.97 Å². The van der Waals surface area contributed by atoms with E-state index >= 15 is 0 Å². The Kier molecular flexibility index (Phi) is 4.63. The maximum Gasteiger partial charge on any atom is 0.337 e. The molecule has 1 aromatic heterocycles. The van der Waals surface area contributed by atoms with Crippen molar-refractivity contribution in [3.8, 4) is 0 Å². The topological polar surface area (TPSA) is 55.6 Å². The molecule has 20 heavy (non-hydrogen) atoms. The zero-order valence-corrected chi connectivity index (χ0v) is 12.4. The fourth-order valence-corrected chi connectivity index (χ4v) is 2.74. The number of hydrogen-bond acceptors (Lipinski definition) is 5. The highest BCUT2D eigenvalue weighted by molar-refractivity contribution is 7.09. The number of carbonyl (C=O) groups is 1. The third kappa shape index (κ3) is 3.11. The molecule has 0 atom stereocenters. The first-order valence-corrected chi connectivity index (χ1v) is 7.28. The van der Waals surface area contributed by atoms with Crippen molar-refractivity contribution in [3.63, 3.8) is 0 Å². The molecule has 5 heteroatoms. The van der Waals surface area contributed by atoms with Crippen LogP contribution in [-0.2, 0) is 11.3 Å². The van der Waals surface area contributed by atoms with Crippen LogP contribution in [0.4, 0.5) is 11.4 Å². The van der Waals surface area contributed by atoms with Crippen LogP contribution < -0.4 is 10.6 Å². The van der Waals surface area contributed by atoms with Crippen LogP contribution in [0.2, 0.25) is 0 Å². The molecule has 0 bridgehead atoms. The quantitative estimate of drug-likeness (QED) is 0.679. The summed E-state index contributed by atoms with van der Waals surface area (Å²) < 4.78 is 4.75. The van der Waals surface area contributed by atoms with Gasteiger partial charge in [0, 0.05) is 11.4 Å². The van der Waals surface area contributed by atoms with Crippen molar-refractivity contribution in [1.29, 1.82) is 0 Å². The number of benzene rings is 1. The van der Waals surface area contributed by atoms with Crippen molar-refractivity contribution in [1.82, 2.24) is 0 Å². The summed E-state index contributed by atoms with van der Waals surface area (Å²) in [4.78, 5) is 15.0. The van der Waals surface area contributed by atoms with Crippen LogP contribution in [0.1, 0.15) is 22.2 Å². The van der Waals surface area contributed by atoms with Gasteiger partial charge in [0.05, 0.1) is 30.6 Å². The first-order valence-electron chi connectivity index (χ1n) is 6.41. The molecule has 0 aliphatic rings. The first kappa shape index (κ1) is 14.4. The largest absolute Gasteiger partial charge is 0.465 e. The van der Waals surface area contributed by atoms with Crippen molar-refractivity contribution >= 4 is 28.7 Å². The molecule has 4 nitrogen and oxygen atoms in total. The molecule has 0 saturated heterocycles. The van der Waals surface area contributed by atoms with E-state index < -0.39 is 0 Å². The molecule has 0 aliphatic carbocycles. The Bertz CT molecular complexity index is 582. The van der Waals surface area contributed by atoms with Gasteiger partial charge in [0.1, 0.15) is 0 Å². The number of esters is 1. The van der Waals surface area contributed by atoms with Crippen molar-refractivity contribution in [2.24, 2.45) is 0 Å². The van der Waals surface area contributed by atoms with Crippen LogP contribution in [0.15, 0.2) is 35.7 Å². The summed E-state index contributed by atoms with van der Waals surface area (Å²) in [7, 11) is 1.38. The Labute approximate surface area is 122 Å². The van der Waals surface area contributed by atoms with Gasteiger partial charge in [-0.2, -0.15) is 0 Å². The third-order valence-corrected chi connectivity index (χ3v) is 3.96. The van der Waals surface area contributed by atoms with Gasteiger partial charge in [-0.3, -0.25) is 0 Å². The predicted octanol–water partition coefficient (Wildman–Crippen LogP) is 3.14. The summed E-state index contributed by atoms with van der Waals surface area (Å²) >= 11 is 1.71. The van der Waals surface area contributed by atoms with Crippen molar-refractivity contribution in [2.75, 3.05) is 24.3 Å². The van der Waals surface area contributed by atoms with Gasteiger partial charge in [0.25, 0.3) is 0 Å². The molecule has 0 saturated carbocycles. The van der Waals surface area contributed by atoms with Gasteiger partial charge in [-0.05, 0) is 36.6 Å². The highest BCUT2D eigenvalue weighted by atomic mass is 32.1. The second-order valence-corrected chi connectivity index (χ2v) is 5.39. The third-order valence-electron chi connectivity index (χ3n) is 3.10. The standard InChI is InChI=1S/C15H18N2O2S/c1-3-17(10-12-5-4-8-20-12)14-9-11(15(18)19-2)6-7-13(14)16/h4-9H,3,10,16H2,1-2H3. The fourth-order valence-electron chi connectivity index (χ4n) is 2.02. The number of rotatable bonds is 5. The summed E-state index contributed by atoms with van der Waals surface area (Å²) in [6.45, 7) is 3.66. The Hall–Kier alpha value is -2.01. The summed E-state index contributed by atoms with van der Waals surface area (Å²) in [5, 5.41) is 2.05. The zero-order valence-electron chi connectivity index (χ0n) is 11.6. The molecule has 2 N–H and O–H groups in total.